The fraction of sp³-hybridized carbons (Fsp3) is 0.0833. The van der Waals surface area contributed by atoms with Gasteiger partial charge in [-0.3, -0.25) is 9.59 Å². The molecule has 0 unspecified atom stereocenters. The summed E-state index contributed by atoms with van der Waals surface area (Å²) in [6.45, 7) is 0. The number of carbonyl (C=O) groups excluding carboxylic acids is 2. The van der Waals surface area contributed by atoms with Crippen molar-refractivity contribution in [2.45, 2.75) is 6.18 Å². The van der Waals surface area contributed by atoms with Crippen LogP contribution in [0.4, 0.5) is 18.9 Å². The molecule has 0 atom stereocenters. The highest BCUT2D eigenvalue weighted by molar-refractivity contribution is 6.45. The number of aliphatic carboxylic acids is 1. The van der Waals surface area contributed by atoms with E-state index in [0.717, 1.165) is 18.2 Å². The Morgan fingerprint density at radius 1 is 1.10 bits per heavy atom. The molecular weight excluding hydrogens is 279 g/mol. The number of alkyl halides is 3. The van der Waals surface area contributed by atoms with E-state index in [1.807, 2.05) is 0 Å². The molecule has 5 nitrogen and oxygen atoms in total. The zero-order valence-electron chi connectivity index (χ0n) is 9.77. The van der Waals surface area contributed by atoms with Crippen LogP contribution in [-0.4, -0.2) is 22.8 Å². The first-order valence-electron chi connectivity index (χ1n) is 5.14. The number of amides is 1. The molecule has 106 valence electrons. The van der Waals surface area contributed by atoms with Crippen molar-refractivity contribution in [1.82, 2.24) is 0 Å². The molecule has 0 spiro atoms. The summed E-state index contributed by atoms with van der Waals surface area (Å²) in [7, 11) is 0. The molecule has 0 aliphatic rings. The van der Waals surface area contributed by atoms with Gasteiger partial charge in [-0.25, -0.2) is 4.79 Å². The lowest BCUT2D eigenvalue weighted by Crippen LogP contribution is -2.23. The summed E-state index contributed by atoms with van der Waals surface area (Å²) in [6.07, 6.45) is -3.82. The molecule has 0 aromatic heterocycles. The van der Waals surface area contributed by atoms with E-state index in [-0.39, 0.29) is 0 Å². The van der Waals surface area contributed by atoms with Gasteiger partial charge in [0.25, 0.3) is 5.91 Å². The fourth-order valence-corrected chi connectivity index (χ4v) is 1.25. The minimum atomic E-state index is -4.69. The molecule has 20 heavy (non-hydrogen) atoms. The predicted octanol–water partition coefficient (Wildman–Crippen LogP) is 1.85. The Morgan fingerprint density at radius 2 is 1.70 bits per heavy atom. The van der Waals surface area contributed by atoms with Gasteiger partial charge in [-0.15, -0.1) is 0 Å². The third-order valence-electron chi connectivity index (χ3n) is 2.08. The third-order valence-corrected chi connectivity index (χ3v) is 2.08. The zero-order valence-corrected chi connectivity index (χ0v) is 9.77. The molecule has 0 radical (unpaired) electrons. The van der Waals surface area contributed by atoms with Crippen LogP contribution < -0.4 is 5.32 Å². The molecule has 0 bridgehead atoms. The topological polar surface area (TPSA) is 83.5 Å². The quantitative estimate of drug-likeness (QED) is 0.654. The predicted molar refractivity (Wildman–Crippen MR) is 61.9 cm³/mol. The van der Waals surface area contributed by atoms with E-state index in [1.54, 1.807) is 5.32 Å². The first-order chi connectivity index (χ1) is 9.21. The highest BCUT2D eigenvalue weighted by Gasteiger charge is 2.33. The van der Waals surface area contributed by atoms with Crippen molar-refractivity contribution >= 4 is 23.3 Å². The first-order valence-corrected chi connectivity index (χ1v) is 5.14. The van der Waals surface area contributed by atoms with E-state index >= 15 is 0 Å². The Labute approximate surface area is 110 Å². The second-order valence-corrected chi connectivity index (χ2v) is 3.53. The normalized spacial score (nSPS) is 11.3. The van der Waals surface area contributed by atoms with Gasteiger partial charge >= 0.3 is 12.1 Å². The summed E-state index contributed by atoms with van der Waals surface area (Å²) in [5.74, 6) is -4.09. The van der Waals surface area contributed by atoms with Crippen molar-refractivity contribution in [3.63, 3.8) is 0 Å². The number of carboxylic acid groups (broad SMARTS) is 1. The van der Waals surface area contributed by atoms with Crippen molar-refractivity contribution in [2.75, 3.05) is 5.32 Å². The lowest BCUT2D eigenvalue weighted by atomic mass is 10.1. The molecule has 0 saturated heterocycles. The molecule has 0 aliphatic heterocycles. The van der Waals surface area contributed by atoms with Crippen LogP contribution >= 0.6 is 0 Å². The number of hydrogen-bond donors (Lipinski definition) is 2. The van der Waals surface area contributed by atoms with Crippen molar-refractivity contribution < 1.29 is 32.7 Å². The van der Waals surface area contributed by atoms with Crippen LogP contribution in [0.25, 0.3) is 0 Å². The van der Waals surface area contributed by atoms with Crippen molar-refractivity contribution in [2.24, 2.45) is 0 Å². The summed E-state index contributed by atoms with van der Waals surface area (Å²) in [5.41, 5.74) is -1.69. The Bertz CT molecular complexity index is 578. The molecule has 0 saturated carbocycles. The van der Waals surface area contributed by atoms with Crippen LogP contribution in [-0.2, 0) is 20.6 Å². The number of hydrogen-bond acceptors (Lipinski definition) is 3. The lowest BCUT2D eigenvalue weighted by molar-refractivity contribution is -0.137. The van der Waals surface area contributed by atoms with Gasteiger partial charge in [0.2, 0.25) is 5.78 Å². The van der Waals surface area contributed by atoms with Crippen molar-refractivity contribution in [1.29, 1.82) is 0 Å². The highest BCUT2D eigenvalue weighted by Crippen LogP contribution is 2.34. The van der Waals surface area contributed by atoms with Gasteiger partial charge in [-0.2, -0.15) is 13.2 Å². The van der Waals surface area contributed by atoms with Gasteiger partial charge in [-0.05, 0) is 18.2 Å². The number of nitrogens with one attached hydrogen (secondary N) is 1. The van der Waals surface area contributed by atoms with E-state index in [9.17, 15) is 27.6 Å². The average Bonchev–Trinajstić information content (AvgIpc) is 2.35. The molecule has 8 heteroatoms. The molecule has 0 aliphatic carbocycles. The highest BCUT2D eigenvalue weighted by atomic mass is 19.4. The maximum atomic E-state index is 12.6. The van der Waals surface area contributed by atoms with Crippen molar-refractivity contribution in [3.8, 4) is 0 Å². The van der Waals surface area contributed by atoms with E-state index < -0.39 is 35.1 Å². The Balaban J connectivity index is 2.92. The van der Waals surface area contributed by atoms with Gasteiger partial charge in [0.15, 0.2) is 0 Å². The summed E-state index contributed by atoms with van der Waals surface area (Å²) in [6, 6.07) is 4.11. The van der Waals surface area contributed by atoms with Crippen LogP contribution in [0.5, 0.6) is 0 Å². The fourth-order valence-electron chi connectivity index (χ4n) is 1.25. The summed E-state index contributed by atoms with van der Waals surface area (Å²) in [5, 5.41) is 10.1. The largest absolute Gasteiger partial charge is 0.478 e. The van der Waals surface area contributed by atoms with Crippen LogP contribution in [0.3, 0.4) is 0 Å². The van der Waals surface area contributed by atoms with Crippen molar-refractivity contribution in [3.05, 3.63) is 42.0 Å². The number of ketones is 1. The molecule has 1 rings (SSSR count). The second-order valence-electron chi connectivity index (χ2n) is 3.53. The van der Waals surface area contributed by atoms with Gasteiger partial charge < -0.3 is 10.4 Å². The summed E-state index contributed by atoms with van der Waals surface area (Å²) < 4.78 is 37.9. The number of rotatable bonds is 4. The summed E-state index contributed by atoms with van der Waals surface area (Å²) in [4.78, 5) is 32.7. The van der Waals surface area contributed by atoms with Crippen LogP contribution in [0.1, 0.15) is 5.56 Å². The molecule has 1 amide bonds. The first kappa shape index (κ1) is 15.4. The van der Waals surface area contributed by atoms with Gasteiger partial charge in [0.1, 0.15) is 0 Å². The minimum absolute atomic E-state index is 0.414. The molecule has 1 aromatic rings. The second kappa shape index (κ2) is 6.00. The number of anilines is 1. The average molecular weight is 287 g/mol. The standard InChI is InChI=1S/C12H8F3NO4/c13-12(14,15)7-3-1-2-4-8(7)16-11(20)9(17)5-6-10(18)19/h1-6H,(H,16,20)(H,18,19)/b6-5+. The number of carbonyl (C=O) groups is 3. The van der Waals surface area contributed by atoms with Gasteiger partial charge in [0.05, 0.1) is 11.3 Å². The SMILES string of the molecule is O=C(O)/C=C/C(=O)C(=O)Nc1ccccc1C(F)(F)F. The van der Waals surface area contributed by atoms with E-state index in [1.165, 1.54) is 6.07 Å². The van der Waals surface area contributed by atoms with Crippen LogP contribution in [0, 0.1) is 0 Å². The molecule has 0 fully saturated rings. The number of para-hydroxylation sites is 1. The zero-order chi connectivity index (χ0) is 15.3. The Kier molecular flexibility index (Phi) is 4.63. The van der Waals surface area contributed by atoms with Gasteiger partial charge in [-0.1, -0.05) is 12.1 Å². The Morgan fingerprint density at radius 3 is 2.25 bits per heavy atom. The van der Waals surface area contributed by atoms with Crippen LogP contribution in [0.15, 0.2) is 36.4 Å². The minimum Gasteiger partial charge on any atom is -0.478 e. The lowest BCUT2D eigenvalue weighted by Gasteiger charge is -2.12. The molecule has 1 aromatic carbocycles. The van der Waals surface area contributed by atoms with Crippen LogP contribution in [0.2, 0.25) is 0 Å². The van der Waals surface area contributed by atoms with E-state index in [2.05, 4.69) is 0 Å². The molecule has 2 N–H and O–H groups in total. The molecule has 0 heterocycles. The smallest absolute Gasteiger partial charge is 0.418 e. The number of carboxylic acids is 1. The number of halogens is 3. The number of benzene rings is 1. The third kappa shape index (κ3) is 4.23. The molecular formula is C12H8F3NO4. The maximum Gasteiger partial charge on any atom is 0.418 e. The van der Waals surface area contributed by atoms with Gasteiger partial charge in [0, 0.05) is 6.08 Å². The van der Waals surface area contributed by atoms with E-state index in [0.29, 0.717) is 12.2 Å². The monoisotopic (exact) mass is 287 g/mol. The van der Waals surface area contributed by atoms with E-state index in [4.69, 9.17) is 5.11 Å². The Hall–Kier alpha value is -2.64. The maximum absolute atomic E-state index is 12.6. The summed E-state index contributed by atoms with van der Waals surface area (Å²) >= 11 is 0.